The quantitative estimate of drug-likeness (QED) is 0.767. The third-order valence-corrected chi connectivity index (χ3v) is 6.76. The van der Waals surface area contributed by atoms with Crippen molar-refractivity contribution in [1.29, 1.82) is 0 Å². The minimum Gasteiger partial charge on any atom is -0.294 e. The highest BCUT2D eigenvalue weighted by Gasteiger charge is 2.58. The van der Waals surface area contributed by atoms with E-state index in [1.807, 2.05) is 0 Å². The molecule has 20 heavy (non-hydrogen) atoms. The average molecular weight is 292 g/mol. The highest BCUT2D eigenvalue weighted by molar-refractivity contribution is 5.85. The van der Waals surface area contributed by atoms with Gasteiger partial charge in [-0.15, -0.1) is 12.4 Å². The van der Waals surface area contributed by atoms with Crippen molar-refractivity contribution < 1.29 is 0 Å². The van der Waals surface area contributed by atoms with E-state index in [4.69, 9.17) is 0 Å². The van der Waals surface area contributed by atoms with Crippen molar-refractivity contribution in [2.24, 2.45) is 16.7 Å². The molecule has 2 heteroatoms. The van der Waals surface area contributed by atoms with Crippen LogP contribution in [0.1, 0.15) is 50.7 Å². The Kier molecular flexibility index (Phi) is 3.42. The summed E-state index contributed by atoms with van der Waals surface area (Å²) in [5.74, 6) is 0.998. The molecule has 0 atom stereocenters. The van der Waals surface area contributed by atoms with Gasteiger partial charge in [0.05, 0.1) is 0 Å². The van der Waals surface area contributed by atoms with Gasteiger partial charge in [0.2, 0.25) is 0 Å². The van der Waals surface area contributed by atoms with E-state index in [1.54, 1.807) is 11.1 Å². The maximum absolute atomic E-state index is 2.71. The molecule has 2 fully saturated rings. The number of nitrogens with zero attached hydrogens (tertiary/aromatic N) is 1. The Balaban J connectivity index is 0.00000121. The summed E-state index contributed by atoms with van der Waals surface area (Å²) in [5.41, 5.74) is 4.30. The normalized spacial score (nSPS) is 34.0. The Bertz CT molecular complexity index is 475. The fourth-order valence-corrected chi connectivity index (χ4v) is 5.27. The number of benzene rings is 1. The van der Waals surface area contributed by atoms with Gasteiger partial charge in [-0.1, -0.05) is 38.1 Å². The standard InChI is InChI=1S/C18H25N.ClH/c1-17(2)16-7-9-18(17,10-8-16)13-19-11-14-5-3-4-6-15(14)12-19;/h3-6,16H,7-13H2,1-2H3;1H. The second-order valence-electron chi connectivity index (χ2n) is 7.69. The molecule has 4 rings (SSSR count). The summed E-state index contributed by atoms with van der Waals surface area (Å²) in [5, 5.41) is 0. The zero-order valence-electron chi connectivity index (χ0n) is 12.7. The lowest BCUT2D eigenvalue weighted by Gasteiger charge is -2.41. The maximum atomic E-state index is 2.71. The molecule has 0 saturated heterocycles. The van der Waals surface area contributed by atoms with Gasteiger partial charge in [0, 0.05) is 19.6 Å². The smallest absolute Gasteiger partial charge is 0.0240 e. The third kappa shape index (κ3) is 1.86. The largest absolute Gasteiger partial charge is 0.294 e. The van der Waals surface area contributed by atoms with E-state index < -0.39 is 0 Å². The molecule has 0 amide bonds. The molecule has 110 valence electrons. The number of hydrogen-bond donors (Lipinski definition) is 0. The summed E-state index contributed by atoms with van der Waals surface area (Å²) in [4.78, 5) is 2.71. The van der Waals surface area contributed by atoms with Crippen LogP contribution in [0.4, 0.5) is 0 Å². The molecule has 2 saturated carbocycles. The van der Waals surface area contributed by atoms with Gasteiger partial charge in [-0.05, 0) is 53.6 Å². The molecule has 2 aliphatic carbocycles. The molecule has 0 aromatic heterocycles. The topological polar surface area (TPSA) is 3.24 Å². The number of halogens is 1. The molecule has 1 heterocycles. The maximum Gasteiger partial charge on any atom is 0.0240 e. The summed E-state index contributed by atoms with van der Waals surface area (Å²) >= 11 is 0. The Labute approximate surface area is 129 Å². The van der Waals surface area contributed by atoms with Gasteiger partial charge in [-0.2, -0.15) is 0 Å². The number of fused-ring (bicyclic) bond motifs is 3. The van der Waals surface area contributed by atoms with Crippen molar-refractivity contribution in [1.82, 2.24) is 4.90 Å². The first-order chi connectivity index (χ1) is 9.11. The van der Waals surface area contributed by atoms with Crippen LogP contribution in [0.5, 0.6) is 0 Å². The van der Waals surface area contributed by atoms with Crippen LogP contribution < -0.4 is 0 Å². The van der Waals surface area contributed by atoms with Gasteiger partial charge < -0.3 is 0 Å². The van der Waals surface area contributed by atoms with Crippen LogP contribution in [0, 0.1) is 16.7 Å². The number of hydrogen-bond acceptors (Lipinski definition) is 1. The van der Waals surface area contributed by atoms with Crippen molar-refractivity contribution in [3.05, 3.63) is 35.4 Å². The third-order valence-electron chi connectivity index (χ3n) is 6.76. The van der Waals surface area contributed by atoms with E-state index in [0.717, 1.165) is 5.92 Å². The van der Waals surface area contributed by atoms with Gasteiger partial charge in [0.25, 0.3) is 0 Å². The van der Waals surface area contributed by atoms with Gasteiger partial charge >= 0.3 is 0 Å². The predicted octanol–water partition coefficient (Wildman–Crippen LogP) is 4.64. The molecule has 2 bridgehead atoms. The van der Waals surface area contributed by atoms with Crippen LogP contribution >= 0.6 is 12.4 Å². The van der Waals surface area contributed by atoms with Gasteiger partial charge in [0.15, 0.2) is 0 Å². The fourth-order valence-electron chi connectivity index (χ4n) is 5.27. The van der Waals surface area contributed by atoms with E-state index in [1.165, 1.54) is 45.3 Å². The molecule has 0 radical (unpaired) electrons. The zero-order chi connectivity index (χ0) is 13.1. The summed E-state index contributed by atoms with van der Waals surface area (Å²) < 4.78 is 0. The summed E-state index contributed by atoms with van der Waals surface area (Å²) in [6, 6.07) is 8.99. The lowest BCUT2D eigenvalue weighted by molar-refractivity contribution is 0.0657. The minimum atomic E-state index is 0. The molecule has 1 aliphatic heterocycles. The molecule has 1 nitrogen and oxygen atoms in total. The summed E-state index contributed by atoms with van der Waals surface area (Å²) in [7, 11) is 0. The highest BCUT2D eigenvalue weighted by Crippen LogP contribution is 2.66. The SMILES string of the molecule is CC1(C)C2CCC1(CN1Cc3ccccc3C1)CC2.Cl. The Hall–Kier alpha value is -0.530. The lowest BCUT2D eigenvalue weighted by Crippen LogP contribution is -2.40. The van der Waals surface area contributed by atoms with Gasteiger partial charge in [-0.25, -0.2) is 0 Å². The van der Waals surface area contributed by atoms with Gasteiger partial charge in [0.1, 0.15) is 0 Å². The Morgan fingerprint density at radius 3 is 2.05 bits per heavy atom. The van der Waals surface area contributed by atoms with Crippen molar-refractivity contribution >= 4 is 12.4 Å². The van der Waals surface area contributed by atoms with Crippen molar-refractivity contribution in [2.75, 3.05) is 6.54 Å². The molecule has 1 aromatic rings. The van der Waals surface area contributed by atoms with E-state index in [0.29, 0.717) is 10.8 Å². The van der Waals surface area contributed by atoms with Crippen LogP contribution in [-0.2, 0) is 13.1 Å². The Morgan fingerprint density at radius 1 is 1.05 bits per heavy atom. The zero-order valence-corrected chi connectivity index (χ0v) is 13.5. The van der Waals surface area contributed by atoms with Crippen LogP contribution in [0.15, 0.2) is 24.3 Å². The molecule has 0 unspecified atom stereocenters. The minimum absolute atomic E-state index is 0. The first kappa shape index (κ1) is 14.4. The summed E-state index contributed by atoms with van der Waals surface area (Å²) in [6.07, 6.45) is 5.90. The van der Waals surface area contributed by atoms with Crippen molar-refractivity contribution in [3.63, 3.8) is 0 Å². The monoisotopic (exact) mass is 291 g/mol. The second-order valence-corrected chi connectivity index (χ2v) is 7.69. The molecule has 0 N–H and O–H groups in total. The lowest BCUT2D eigenvalue weighted by atomic mass is 9.69. The fraction of sp³-hybridized carbons (Fsp3) is 0.667. The predicted molar refractivity (Wildman–Crippen MR) is 86.0 cm³/mol. The van der Waals surface area contributed by atoms with Crippen LogP contribution in [0.25, 0.3) is 0 Å². The van der Waals surface area contributed by atoms with Crippen LogP contribution in [0.3, 0.4) is 0 Å². The Morgan fingerprint density at radius 2 is 1.60 bits per heavy atom. The van der Waals surface area contributed by atoms with Crippen LogP contribution in [-0.4, -0.2) is 11.4 Å². The molecular formula is C18H26ClN. The van der Waals surface area contributed by atoms with E-state index in [-0.39, 0.29) is 12.4 Å². The van der Waals surface area contributed by atoms with E-state index in [9.17, 15) is 0 Å². The highest BCUT2D eigenvalue weighted by atomic mass is 35.5. The van der Waals surface area contributed by atoms with E-state index >= 15 is 0 Å². The second kappa shape index (κ2) is 4.74. The van der Waals surface area contributed by atoms with Crippen molar-refractivity contribution in [3.8, 4) is 0 Å². The molecular weight excluding hydrogens is 266 g/mol. The first-order valence-corrected chi connectivity index (χ1v) is 7.90. The molecule has 3 aliphatic rings. The molecule has 0 spiro atoms. The van der Waals surface area contributed by atoms with Gasteiger partial charge in [-0.3, -0.25) is 4.90 Å². The average Bonchev–Trinajstić information content (AvgIpc) is 2.97. The van der Waals surface area contributed by atoms with E-state index in [2.05, 4.69) is 43.0 Å². The first-order valence-electron chi connectivity index (χ1n) is 7.90. The summed E-state index contributed by atoms with van der Waals surface area (Å²) in [6.45, 7) is 8.77. The van der Waals surface area contributed by atoms with Crippen LogP contribution in [0.2, 0.25) is 0 Å². The molecule has 1 aromatic carbocycles. The number of rotatable bonds is 2. The van der Waals surface area contributed by atoms with Crippen molar-refractivity contribution in [2.45, 2.75) is 52.6 Å².